The minimum atomic E-state index is -0.192. The van der Waals surface area contributed by atoms with Gasteiger partial charge >= 0.3 is 0 Å². The molecule has 3 heteroatoms. The number of nitrogens with two attached hydrogens (primary N) is 1. The molecular formula is C17H32N2O. The Labute approximate surface area is 124 Å². The minimum Gasteiger partial charge on any atom is -0.368 e. The number of ether oxygens (including phenoxy) is 1. The molecular weight excluding hydrogens is 248 g/mol. The molecule has 0 aromatic carbocycles. The average Bonchev–Trinajstić information content (AvgIpc) is 3.18. The Morgan fingerprint density at radius 2 is 1.65 bits per heavy atom. The van der Waals surface area contributed by atoms with Crippen molar-refractivity contribution in [3.05, 3.63) is 0 Å². The van der Waals surface area contributed by atoms with Crippen LogP contribution in [0.3, 0.4) is 0 Å². The lowest BCUT2D eigenvalue weighted by Crippen LogP contribution is -2.62. The van der Waals surface area contributed by atoms with Crippen molar-refractivity contribution in [2.45, 2.75) is 76.5 Å². The molecule has 3 rings (SSSR count). The van der Waals surface area contributed by atoms with Gasteiger partial charge in [-0.3, -0.25) is 0 Å². The Morgan fingerprint density at radius 3 is 2.00 bits per heavy atom. The van der Waals surface area contributed by atoms with E-state index in [1.165, 1.54) is 25.7 Å². The van der Waals surface area contributed by atoms with Crippen LogP contribution >= 0.6 is 0 Å². The molecule has 0 bridgehead atoms. The minimum absolute atomic E-state index is 0.0709. The highest BCUT2D eigenvalue weighted by Gasteiger charge is 2.56. The van der Waals surface area contributed by atoms with Gasteiger partial charge in [-0.15, -0.1) is 0 Å². The van der Waals surface area contributed by atoms with E-state index < -0.39 is 0 Å². The molecule has 3 nitrogen and oxygen atoms in total. The maximum atomic E-state index is 6.29. The summed E-state index contributed by atoms with van der Waals surface area (Å²) >= 11 is 0. The zero-order valence-electron chi connectivity index (χ0n) is 13.7. The summed E-state index contributed by atoms with van der Waals surface area (Å²) in [6.45, 7) is 10.6. The standard InChI is InChI=1S/C17H32N2O/c1-15(2)10-17(11-18,16(3,4)20-15)19-9-14(12-5-6-12)13-7-8-13/h12-14,19H,5-11,18H2,1-4H3. The summed E-state index contributed by atoms with van der Waals surface area (Å²) in [5, 5.41) is 3.88. The van der Waals surface area contributed by atoms with Gasteiger partial charge in [-0.05, 0) is 84.1 Å². The normalized spacial score (nSPS) is 35.7. The molecule has 1 aliphatic heterocycles. The molecule has 3 aliphatic rings. The third-order valence-corrected chi connectivity index (χ3v) is 5.89. The highest BCUT2D eigenvalue weighted by molar-refractivity contribution is 5.12. The van der Waals surface area contributed by atoms with Crippen molar-refractivity contribution in [2.75, 3.05) is 13.1 Å². The van der Waals surface area contributed by atoms with E-state index in [9.17, 15) is 0 Å². The van der Waals surface area contributed by atoms with Crippen molar-refractivity contribution in [3.63, 3.8) is 0 Å². The topological polar surface area (TPSA) is 47.3 Å². The molecule has 0 amide bonds. The summed E-state index contributed by atoms with van der Waals surface area (Å²) in [7, 11) is 0. The summed E-state index contributed by atoms with van der Waals surface area (Å²) in [5.41, 5.74) is 5.85. The Morgan fingerprint density at radius 1 is 1.10 bits per heavy atom. The first kappa shape index (κ1) is 14.8. The number of nitrogens with one attached hydrogen (secondary N) is 1. The van der Waals surface area contributed by atoms with Gasteiger partial charge in [0.25, 0.3) is 0 Å². The first-order valence-electron chi connectivity index (χ1n) is 8.44. The molecule has 1 atom stereocenters. The second-order valence-corrected chi connectivity index (χ2v) is 8.55. The summed E-state index contributed by atoms with van der Waals surface area (Å²) in [5.74, 6) is 2.87. The van der Waals surface area contributed by atoms with Gasteiger partial charge in [-0.1, -0.05) is 0 Å². The smallest absolute Gasteiger partial charge is 0.0827 e. The summed E-state index contributed by atoms with van der Waals surface area (Å²) in [4.78, 5) is 0. The maximum absolute atomic E-state index is 6.29. The van der Waals surface area contributed by atoms with Gasteiger partial charge in [0.2, 0.25) is 0 Å². The highest BCUT2D eigenvalue weighted by Crippen LogP contribution is 2.50. The van der Waals surface area contributed by atoms with E-state index in [0.717, 1.165) is 30.7 Å². The van der Waals surface area contributed by atoms with Crippen LogP contribution in [0.1, 0.15) is 59.8 Å². The maximum Gasteiger partial charge on any atom is 0.0827 e. The molecule has 116 valence electrons. The van der Waals surface area contributed by atoms with Gasteiger partial charge in [0.1, 0.15) is 0 Å². The zero-order chi connectivity index (χ0) is 14.6. The largest absolute Gasteiger partial charge is 0.368 e. The van der Waals surface area contributed by atoms with Crippen LogP contribution in [0.15, 0.2) is 0 Å². The molecule has 3 N–H and O–H groups in total. The van der Waals surface area contributed by atoms with Gasteiger partial charge in [-0.25, -0.2) is 0 Å². The van der Waals surface area contributed by atoms with Gasteiger partial charge < -0.3 is 15.8 Å². The fourth-order valence-corrected chi connectivity index (χ4v) is 4.51. The van der Waals surface area contributed by atoms with Gasteiger partial charge in [0.05, 0.1) is 16.7 Å². The van der Waals surface area contributed by atoms with Crippen LogP contribution in [0.5, 0.6) is 0 Å². The van der Waals surface area contributed by atoms with Crippen LogP contribution < -0.4 is 11.1 Å². The van der Waals surface area contributed by atoms with Crippen molar-refractivity contribution in [3.8, 4) is 0 Å². The van der Waals surface area contributed by atoms with E-state index in [2.05, 4.69) is 33.0 Å². The third kappa shape index (κ3) is 2.65. The lowest BCUT2D eigenvalue weighted by atomic mass is 9.78. The third-order valence-electron chi connectivity index (χ3n) is 5.89. The van der Waals surface area contributed by atoms with Gasteiger partial charge in [0.15, 0.2) is 0 Å². The van der Waals surface area contributed by atoms with Gasteiger partial charge in [0, 0.05) is 6.54 Å². The molecule has 20 heavy (non-hydrogen) atoms. The molecule has 2 saturated carbocycles. The fourth-order valence-electron chi connectivity index (χ4n) is 4.51. The van der Waals surface area contributed by atoms with E-state index in [0.29, 0.717) is 6.54 Å². The molecule has 3 fully saturated rings. The Hall–Kier alpha value is -0.120. The molecule has 0 aromatic heterocycles. The highest BCUT2D eigenvalue weighted by atomic mass is 16.5. The lowest BCUT2D eigenvalue weighted by Gasteiger charge is -2.41. The van der Waals surface area contributed by atoms with E-state index in [1.807, 2.05) is 0 Å². The van der Waals surface area contributed by atoms with Crippen LogP contribution in [-0.4, -0.2) is 29.8 Å². The first-order valence-corrected chi connectivity index (χ1v) is 8.44. The number of rotatable bonds is 6. The zero-order valence-corrected chi connectivity index (χ0v) is 13.7. The van der Waals surface area contributed by atoms with Crippen LogP contribution in [0.2, 0.25) is 0 Å². The second-order valence-electron chi connectivity index (χ2n) is 8.55. The monoisotopic (exact) mass is 280 g/mol. The van der Waals surface area contributed by atoms with Crippen LogP contribution in [0.4, 0.5) is 0 Å². The predicted molar refractivity (Wildman–Crippen MR) is 82.6 cm³/mol. The van der Waals surface area contributed by atoms with E-state index in [4.69, 9.17) is 10.5 Å². The van der Waals surface area contributed by atoms with Crippen LogP contribution in [-0.2, 0) is 4.74 Å². The molecule has 1 saturated heterocycles. The fraction of sp³-hybridized carbons (Fsp3) is 1.00. The van der Waals surface area contributed by atoms with E-state index in [-0.39, 0.29) is 16.7 Å². The molecule has 1 heterocycles. The number of hydrogen-bond acceptors (Lipinski definition) is 3. The lowest BCUT2D eigenvalue weighted by molar-refractivity contribution is -0.0825. The predicted octanol–water partition coefficient (Wildman–Crippen LogP) is 2.69. The van der Waals surface area contributed by atoms with Gasteiger partial charge in [-0.2, -0.15) is 0 Å². The molecule has 1 unspecified atom stereocenters. The molecule has 0 spiro atoms. The molecule has 2 aliphatic carbocycles. The van der Waals surface area contributed by atoms with Crippen molar-refractivity contribution < 1.29 is 4.74 Å². The summed E-state index contributed by atoms with van der Waals surface area (Å²) < 4.78 is 6.29. The first-order chi connectivity index (χ1) is 9.29. The SMILES string of the molecule is CC1(C)CC(CN)(NCC(C2CC2)C2CC2)C(C)(C)O1. The van der Waals surface area contributed by atoms with Crippen molar-refractivity contribution >= 4 is 0 Å². The van der Waals surface area contributed by atoms with Crippen LogP contribution in [0.25, 0.3) is 0 Å². The van der Waals surface area contributed by atoms with Crippen molar-refractivity contribution in [1.29, 1.82) is 0 Å². The second kappa shape index (κ2) is 4.69. The van der Waals surface area contributed by atoms with E-state index >= 15 is 0 Å². The van der Waals surface area contributed by atoms with Crippen LogP contribution in [0, 0.1) is 17.8 Å². The quantitative estimate of drug-likeness (QED) is 0.786. The summed E-state index contributed by atoms with van der Waals surface area (Å²) in [6.07, 6.45) is 6.80. The van der Waals surface area contributed by atoms with Crippen molar-refractivity contribution in [1.82, 2.24) is 5.32 Å². The van der Waals surface area contributed by atoms with E-state index in [1.54, 1.807) is 0 Å². The average molecular weight is 280 g/mol. The number of hydrogen-bond donors (Lipinski definition) is 2. The molecule has 0 aromatic rings. The Kier molecular flexibility index (Phi) is 3.47. The van der Waals surface area contributed by atoms with Crippen molar-refractivity contribution in [2.24, 2.45) is 23.5 Å². The Bertz CT molecular complexity index is 359. The Balaban J connectivity index is 1.69. The summed E-state index contributed by atoms with van der Waals surface area (Å²) in [6, 6.07) is 0. The molecule has 0 radical (unpaired) electrons.